The molecule has 5 nitrogen and oxygen atoms in total. The maximum absolute atomic E-state index is 6.00. The maximum atomic E-state index is 6.00. The van der Waals surface area contributed by atoms with Crippen molar-refractivity contribution in [3.05, 3.63) is 36.5 Å². The molecule has 0 amide bonds. The van der Waals surface area contributed by atoms with Gasteiger partial charge in [-0.1, -0.05) is 30.3 Å². The second kappa shape index (κ2) is 4.35. The Kier molecular flexibility index (Phi) is 2.67. The van der Waals surface area contributed by atoms with E-state index in [1.54, 1.807) is 6.20 Å². The van der Waals surface area contributed by atoms with Gasteiger partial charge in [-0.05, 0) is 13.8 Å². The van der Waals surface area contributed by atoms with Crippen molar-refractivity contribution in [3.8, 4) is 11.4 Å². The average molecular weight is 253 g/mol. The first-order valence-corrected chi connectivity index (χ1v) is 6.23. The molecule has 96 valence electrons. The minimum atomic E-state index is 0.232. The fraction of sp³-hybridized carbons (Fsp3) is 0.214. The van der Waals surface area contributed by atoms with Gasteiger partial charge in [0, 0.05) is 11.6 Å². The second-order valence-corrected chi connectivity index (χ2v) is 4.72. The van der Waals surface area contributed by atoms with Crippen LogP contribution in [-0.4, -0.2) is 19.7 Å². The Morgan fingerprint density at radius 2 is 1.84 bits per heavy atom. The minimum Gasteiger partial charge on any atom is -0.383 e. The fourth-order valence-electron chi connectivity index (χ4n) is 2.04. The van der Waals surface area contributed by atoms with E-state index < -0.39 is 0 Å². The van der Waals surface area contributed by atoms with Crippen molar-refractivity contribution in [3.63, 3.8) is 0 Å². The van der Waals surface area contributed by atoms with E-state index in [0.717, 1.165) is 16.6 Å². The van der Waals surface area contributed by atoms with Crippen LogP contribution >= 0.6 is 0 Å². The van der Waals surface area contributed by atoms with Gasteiger partial charge in [0.25, 0.3) is 0 Å². The van der Waals surface area contributed by atoms with E-state index >= 15 is 0 Å². The Balaban J connectivity index is 2.26. The molecule has 0 bridgehead atoms. The molecular formula is C14H15N5. The zero-order chi connectivity index (χ0) is 13.4. The summed E-state index contributed by atoms with van der Waals surface area (Å²) in [7, 11) is 0. The molecular weight excluding hydrogens is 238 g/mol. The Morgan fingerprint density at radius 1 is 1.11 bits per heavy atom. The maximum Gasteiger partial charge on any atom is 0.164 e. The van der Waals surface area contributed by atoms with Crippen LogP contribution in [-0.2, 0) is 0 Å². The van der Waals surface area contributed by atoms with Crippen molar-refractivity contribution in [2.45, 2.75) is 19.9 Å². The molecule has 0 radical (unpaired) electrons. The lowest BCUT2D eigenvalue weighted by Gasteiger charge is -2.08. The summed E-state index contributed by atoms with van der Waals surface area (Å²) in [6, 6.07) is 10.0. The number of nitrogens with zero attached hydrogens (tertiary/aromatic N) is 4. The molecule has 0 spiro atoms. The first-order valence-electron chi connectivity index (χ1n) is 6.23. The predicted molar refractivity (Wildman–Crippen MR) is 75.6 cm³/mol. The highest BCUT2D eigenvalue weighted by Crippen LogP contribution is 2.24. The number of nitrogen functional groups attached to an aromatic ring is 1. The Bertz CT molecular complexity index is 715. The van der Waals surface area contributed by atoms with Crippen LogP contribution in [0.5, 0.6) is 0 Å². The van der Waals surface area contributed by atoms with Crippen LogP contribution in [0, 0.1) is 0 Å². The number of nitrogens with two attached hydrogens (primary N) is 1. The Morgan fingerprint density at radius 3 is 2.53 bits per heavy atom. The van der Waals surface area contributed by atoms with E-state index in [9.17, 15) is 0 Å². The van der Waals surface area contributed by atoms with Gasteiger partial charge in [0.05, 0.1) is 11.6 Å². The number of fused-ring (bicyclic) bond motifs is 1. The fourth-order valence-corrected chi connectivity index (χ4v) is 2.04. The van der Waals surface area contributed by atoms with Gasteiger partial charge in [0.15, 0.2) is 11.5 Å². The number of rotatable bonds is 2. The van der Waals surface area contributed by atoms with Crippen molar-refractivity contribution in [1.29, 1.82) is 0 Å². The molecule has 0 aliphatic heterocycles. The summed E-state index contributed by atoms with van der Waals surface area (Å²) in [5.41, 5.74) is 7.73. The number of anilines is 1. The van der Waals surface area contributed by atoms with E-state index in [2.05, 4.69) is 28.9 Å². The molecule has 2 heterocycles. The van der Waals surface area contributed by atoms with E-state index in [1.807, 2.05) is 35.0 Å². The van der Waals surface area contributed by atoms with Crippen LogP contribution < -0.4 is 5.73 Å². The first-order chi connectivity index (χ1) is 9.16. The summed E-state index contributed by atoms with van der Waals surface area (Å²) in [5, 5.41) is 5.12. The van der Waals surface area contributed by atoms with Crippen LogP contribution in [0.15, 0.2) is 36.5 Å². The summed E-state index contributed by atoms with van der Waals surface area (Å²) >= 11 is 0. The van der Waals surface area contributed by atoms with Gasteiger partial charge >= 0.3 is 0 Å². The van der Waals surface area contributed by atoms with E-state index in [4.69, 9.17) is 5.73 Å². The van der Waals surface area contributed by atoms with Gasteiger partial charge in [0.2, 0.25) is 0 Å². The molecule has 0 saturated heterocycles. The van der Waals surface area contributed by atoms with Gasteiger partial charge in [-0.3, -0.25) is 0 Å². The molecule has 1 aromatic carbocycles. The largest absolute Gasteiger partial charge is 0.383 e. The van der Waals surface area contributed by atoms with E-state index in [1.165, 1.54) is 0 Å². The van der Waals surface area contributed by atoms with Gasteiger partial charge in [0.1, 0.15) is 5.82 Å². The van der Waals surface area contributed by atoms with Gasteiger partial charge in [-0.2, -0.15) is 5.10 Å². The molecule has 3 rings (SSSR count). The van der Waals surface area contributed by atoms with Crippen molar-refractivity contribution < 1.29 is 0 Å². The summed E-state index contributed by atoms with van der Waals surface area (Å²) < 4.78 is 1.86. The third-order valence-corrected chi connectivity index (χ3v) is 3.00. The second-order valence-electron chi connectivity index (χ2n) is 4.72. The van der Waals surface area contributed by atoms with E-state index in [0.29, 0.717) is 11.6 Å². The van der Waals surface area contributed by atoms with Crippen LogP contribution in [0.3, 0.4) is 0 Å². The minimum absolute atomic E-state index is 0.232. The highest BCUT2D eigenvalue weighted by atomic mass is 15.3. The molecule has 19 heavy (non-hydrogen) atoms. The zero-order valence-corrected chi connectivity index (χ0v) is 10.9. The molecule has 0 fully saturated rings. The summed E-state index contributed by atoms with van der Waals surface area (Å²) in [6.45, 7) is 4.12. The third-order valence-electron chi connectivity index (χ3n) is 3.00. The monoisotopic (exact) mass is 253 g/mol. The number of aromatic nitrogens is 4. The van der Waals surface area contributed by atoms with Crippen molar-refractivity contribution in [1.82, 2.24) is 19.7 Å². The molecule has 5 heteroatoms. The summed E-state index contributed by atoms with van der Waals surface area (Å²) in [6.07, 6.45) is 1.72. The average Bonchev–Trinajstić information content (AvgIpc) is 2.84. The van der Waals surface area contributed by atoms with Gasteiger partial charge in [-0.15, -0.1) is 0 Å². The van der Waals surface area contributed by atoms with Crippen molar-refractivity contribution >= 4 is 16.9 Å². The molecule has 2 N–H and O–H groups in total. The lowest BCUT2D eigenvalue weighted by Crippen LogP contribution is -2.05. The first kappa shape index (κ1) is 11.6. The molecule has 3 aromatic rings. The van der Waals surface area contributed by atoms with Gasteiger partial charge in [-0.25, -0.2) is 14.6 Å². The van der Waals surface area contributed by atoms with Crippen molar-refractivity contribution in [2.75, 3.05) is 5.73 Å². The zero-order valence-electron chi connectivity index (χ0n) is 10.9. The SMILES string of the molecule is CC(C)n1ncc2c(N)nc(-c3ccccc3)nc21. The molecule has 0 saturated carbocycles. The number of hydrogen-bond acceptors (Lipinski definition) is 4. The number of benzene rings is 1. The Hall–Kier alpha value is -2.43. The standard InChI is InChI=1S/C14H15N5/c1-9(2)19-14-11(8-16-19)12(15)17-13(18-14)10-6-4-3-5-7-10/h3-9H,1-2H3,(H2,15,17,18). The van der Waals surface area contributed by atoms with Crippen LogP contribution in [0.4, 0.5) is 5.82 Å². The lowest BCUT2D eigenvalue weighted by molar-refractivity contribution is 0.546. The topological polar surface area (TPSA) is 69.6 Å². The van der Waals surface area contributed by atoms with Crippen LogP contribution in [0.2, 0.25) is 0 Å². The summed E-state index contributed by atoms with van der Waals surface area (Å²) in [4.78, 5) is 8.95. The smallest absolute Gasteiger partial charge is 0.164 e. The Labute approximate surface area is 111 Å². The predicted octanol–water partition coefficient (Wildman–Crippen LogP) is 2.66. The molecule has 0 unspecified atom stereocenters. The number of hydrogen-bond donors (Lipinski definition) is 1. The molecule has 2 aromatic heterocycles. The van der Waals surface area contributed by atoms with Crippen molar-refractivity contribution in [2.24, 2.45) is 0 Å². The highest BCUT2D eigenvalue weighted by molar-refractivity contribution is 5.86. The quantitative estimate of drug-likeness (QED) is 0.762. The molecule has 0 atom stereocenters. The van der Waals surface area contributed by atoms with Gasteiger partial charge < -0.3 is 5.73 Å². The molecule has 0 aliphatic carbocycles. The van der Waals surface area contributed by atoms with E-state index in [-0.39, 0.29) is 6.04 Å². The summed E-state index contributed by atoms with van der Waals surface area (Å²) in [5.74, 6) is 1.10. The molecule has 0 aliphatic rings. The highest BCUT2D eigenvalue weighted by Gasteiger charge is 2.13. The normalized spacial score (nSPS) is 11.3. The van der Waals surface area contributed by atoms with Crippen LogP contribution in [0.1, 0.15) is 19.9 Å². The third kappa shape index (κ3) is 1.93. The van der Waals surface area contributed by atoms with Crippen LogP contribution in [0.25, 0.3) is 22.4 Å². The lowest BCUT2D eigenvalue weighted by atomic mass is 10.2.